The molecular weight excluding hydrogens is 365 g/mol. The van der Waals surface area contributed by atoms with Crippen molar-refractivity contribution in [1.29, 1.82) is 0 Å². The summed E-state index contributed by atoms with van der Waals surface area (Å²) in [5.41, 5.74) is 5.78. The number of anilines is 1. The molecule has 3 aromatic rings. The molecule has 0 unspecified atom stereocenters. The number of hydrogen-bond donors (Lipinski definition) is 1. The molecule has 134 valence electrons. The molecule has 4 heteroatoms. The van der Waals surface area contributed by atoms with Gasteiger partial charge in [-0.05, 0) is 60.9 Å². The second kappa shape index (κ2) is 8.48. The first-order valence-electron chi connectivity index (χ1n) is 8.48. The molecule has 0 aliphatic heterocycles. The van der Waals surface area contributed by atoms with Gasteiger partial charge in [0.05, 0.1) is 5.02 Å². The minimum absolute atomic E-state index is 0.455. The van der Waals surface area contributed by atoms with E-state index in [1.54, 1.807) is 0 Å². The lowest BCUT2D eigenvalue weighted by atomic mass is 10.1. The number of hydrogen-bond acceptors (Lipinski definition) is 2. The Balaban J connectivity index is 1.60. The van der Waals surface area contributed by atoms with Crippen LogP contribution in [0.3, 0.4) is 0 Å². The molecule has 0 saturated carbocycles. The fourth-order valence-electron chi connectivity index (χ4n) is 2.72. The van der Waals surface area contributed by atoms with Crippen LogP contribution in [-0.2, 0) is 13.2 Å². The Labute approximate surface area is 164 Å². The number of ether oxygens (including phenoxy) is 1. The molecule has 0 saturated heterocycles. The topological polar surface area (TPSA) is 21.3 Å². The van der Waals surface area contributed by atoms with Crippen LogP contribution in [0.25, 0.3) is 0 Å². The van der Waals surface area contributed by atoms with Crippen molar-refractivity contribution >= 4 is 28.9 Å². The third-order valence-corrected chi connectivity index (χ3v) is 4.72. The monoisotopic (exact) mass is 385 g/mol. The van der Waals surface area contributed by atoms with Crippen molar-refractivity contribution in [3.8, 4) is 5.75 Å². The van der Waals surface area contributed by atoms with Crippen molar-refractivity contribution in [2.75, 3.05) is 5.32 Å². The Bertz CT molecular complexity index is 891. The molecule has 3 rings (SSSR count). The summed E-state index contributed by atoms with van der Waals surface area (Å²) in [6.07, 6.45) is 0. The van der Waals surface area contributed by atoms with Crippen molar-refractivity contribution < 1.29 is 4.74 Å². The van der Waals surface area contributed by atoms with Crippen LogP contribution in [0.2, 0.25) is 10.0 Å². The average molecular weight is 386 g/mol. The first-order valence-corrected chi connectivity index (χ1v) is 9.23. The Kier molecular flexibility index (Phi) is 6.08. The predicted octanol–water partition coefficient (Wildman–Crippen LogP) is 6.80. The third-order valence-electron chi connectivity index (χ3n) is 4.17. The van der Waals surface area contributed by atoms with E-state index in [1.807, 2.05) is 42.5 Å². The molecule has 1 N–H and O–H groups in total. The largest absolute Gasteiger partial charge is 0.487 e. The molecule has 0 atom stereocenters. The van der Waals surface area contributed by atoms with Gasteiger partial charge in [0.1, 0.15) is 12.4 Å². The summed E-state index contributed by atoms with van der Waals surface area (Å²) in [6.45, 7) is 5.37. The van der Waals surface area contributed by atoms with Crippen LogP contribution < -0.4 is 10.1 Å². The predicted molar refractivity (Wildman–Crippen MR) is 110 cm³/mol. The summed E-state index contributed by atoms with van der Waals surface area (Å²) < 4.78 is 5.82. The van der Waals surface area contributed by atoms with E-state index in [-0.39, 0.29) is 0 Å². The van der Waals surface area contributed by atoms with Gasteiger partial charge in [0.2, 0.25) is 0 Å². The van der Waals surface area contributed by atoms with Gasteiger partial charge >= 0.3 is 0 Å². The van der Waals surface area contributed by atoms with E-state index in [4.69, 9.17) is 27.9 Å². The van der Waals surface area contributed by atoms with Crippen LogP contribution in [0.4, 0.5) is 5.69 Å². The second-order valence-corrected chi connectivity index (χ2v) is 7.20. The lowest BCUT2D eigenvalue weighted by Gasteiger charge is -2.12. The summed E-state index contributed by atoms with van der Waals surface area (Å²) in [4.78, 5) is 0. The van der Waals surface area contributed by atoms with Crippen LogP contribution in [-0.4, -0.2) is 0 Å². The first kappa shape index (κ1) is 18.6. The molecule has 3 aromatic carbocycles. The van der Waals surface area contributed by atoms with Gasteiger partial charge < -0.3 is 10.1 Å². The number of aryl methyl sites for hydroxylation is 2. The van der Waals surface area contributed by atoms with Gasteiger partial charge in [-0.15, -0.1) is 0 Å². The molecule has 0 amide bonds. The second-order valence-electron chi connectivity index (χ2n) is 6.35. The molecule has 2 nitrogen and oxygen atoms in total. The lowest BCUT2D eigenvalue weighted by Crippen LogP contribution is -2.02. The maximum absolute atomic E-state index is 6.38. The molecule has 0 aliphatic rings. The lowest BCUT2D eigenvalue weighted by molar-refractivity contribution is 0.306. The minimum atomic E-state index is 0.455. The van der Waals surface area contributed by atoms with Gasteiger partial charge in [0.25, 0.3) is 0 Å². The zero-order valence-corrected chi connectivity index (χ0v) is 16.4. The van der Waals surface area contributed by atoms with Crippen LogP contribution in [0.1, 0.15) is 22.3 Å². The van der Waals surface area contributed by atoms with Gasteiger partial charge in [-0.3, -0.25) is 0 Å². The summed E-state index contributed by atoms with van der Waals surface area (Å²) in [6, 6.07) is 19.9. The molecule has 0 aliphatic carbocycles. The van der Waals surface area contributed by atoms with Gasteiger partial charge in [-0.1, -0.05) is 59.1 Å². The van der Waals surface area contributed by atoms with Gasteiger partial charge in [0.15, 0.2) is 0 Å². The molecular formula is C22H21Cl2NO. The summed E-state index contributed by atoms with van der Waals surface area (Å²) in [7, 11) is 0. The van der Waals surface area contributed by atoms with Gasteiger partial charge in [0, 0.05) is 17.3 Å². The molecule has 0 spiro atoms. The maximum Gasteiger partial charge on any atom is 0.138 e. The molecule has 26 heavy (non-hydrogen) atoms. The summed E-state index contributed by atoms with van der Waals surface area (Å²) in [5, 5.41) is 4.78. The van der Waals surface area contributed by atoms with Crippen molar-refractivity contribution in [2.24, 2.45) is 0 Å². The highest BCUT2D eigenvalue weighted by Gasteiger charge is 2.05. The van der Waals surface area contributed by atoms with E-state index in [9.17, 15) is 0 Å². The van der Waals surface area contributed by atoms with Crippen molar-refractivity contribution in [2.45, 2.75) is 27.0 Å². The number of benzene rings is 3. The first-order chi connectivity index (χ1) is 12.5. The molecule has 0 radical (unpaired) electrons. The molecule has 0 heterocycles. The Hall–Kier alpha value is -2.16. The molecule has 0 bridgehead atoms. The highest BCUT2D eigenvalue weighted by atomic mass is 35.5. The Morgan fingerprint density at radius 2 is 1.58 bits per heavy atom. The highest BCUT2D eigenvalue weighted by Crippen LogP contribution is 2.27. The van der Waals surface area contributed by atoms with Crippen LogP contribution in [0.5, 0.6) is 5.75 Å². The fraction of sp³-hybridized carbons (Fsp3) is 0.182. The smallest absolute Gasteiger partial charge is 0.138 e. The number of rotatable bonds is 6. The van der Waals surface area contributed by atoms with Crippen molar-refractivity contribution in [3.05, 3.63) is 93.0 Å². The van der Waals surface area contributed by atoms with Crippen molar-refractivity contribution in [3.63, 3.8) is 0 Å². The quantitative estimate of drug-likeness (QED) is 0.503. The van der Waals surface area contributed by atoms with E-state index in [1.165, 1.54) is 11.1 Å². The zero-order chi connectivity index (χ0) is 18.5. The third kappa shape index (κ3) is 4.94. The van der Waals surface area contributed by atoms with E-state index in [2.05, 4.69) is 37.4 Å². The van der Waals surface area contributed by atoms with Gasteiger partial charge in [-0.25, -0.2) is 0 Å². The molecule has 0 aromatic heterocycles. The van der Waals surface area contributed by atoms with Crippen LogP contribution >= 0.6 is 23.2 Å². The highest BCUT2D eigenvalue weighted by molar-refractivity contribution is 6.32. The number of nitrogens with one attached hydrogen (secondary N) is 1. The summed E-state index contributed by atoms with van der Waals surface area (Å²) in [5.74, 6) is 0.678. The molecule has 0 fully saturated rings. The van der Waals surface area contributed by atoms with E-state index in [0.717, 1.165) is 16.8 Å². The maximum atomic E-state index is 6.38. The van der Waals surface area contributed by atoms with Crippen LogP contribution in [0.15, 0.2) is 60.7 Å². The average Bonchev–Trinajstić information content (AvgIpc) is 2.61. The Morgan fingerprint density at radius 3 is 2.27 bits per heavy atom. The number of halogens is 2. The minimum Gasteiger partial charge on any atom is -0.487 e. The summed E-state index contributed by atoms with van der Waals surface area (Å²) >= 11 is 12.3. The van der Waals surface area contributed by atoms with Crippen molar-refractivity contribution in [1.82, 2.24) is 0 Å². The normalized spacial score (nSPS) is 10.6. The van der Waals surface area contributed by atoms with E-state index < -0.39 is 0 Å². The Morgan fingerprint density at radius 1 is 0.846 bits per heavy atom. The fourth-order valence-corrected chi connectivity index (χ4v) is 3.11. The van der Waals surface area contributed by atoms with E-state index in [0.29, 0.717) is 28.9 Å². The van der Waals surface area contributed by atoms with Gasteiger partial charge in [-0.2, -0.15) is 0 Å². The zero-order valence-electron chi connectivity index (χ0n) is 14.9. The van der Waals surface area contributed by atoms with E-state index >= 15 is 0 Å². The van der Waals surface area contributed by atoms with Crippen LogP contribution in [0, 0.1) is 13.8 Å². The standard InChI is InChI=1S/C22H21Cl2NO/c1-15-3-9-21(16(2)11-15)25-13-18-6-10-22(20(24)12-18)26-14-17-4-7-19(23)8-5-17/h3-12,25H,13-14H2,1-2H3. The SMILES string of the molecule is Cc1ccc(NCc2ccc(OCc3ccc(Cl)cc3)c(Cl)c2)c(C)c1.